The van der Waals surface area contributed by atoms with Crippen LogP contribution in [-0.2, 0) is 15.0 Å². The number of benzene rings is 1. The molecule has 1 aromatic carbocycles. The number of carbonyl (C=O) groups is 2. The zero-order chi connectivity index (χ0) is 12.2. The van der Waals surface area contributed by atoms with E-state index < -0.39 is 5.41 Å². The predicted octanol–water partition coefficient (Wildman–Crippen LogP) is 1.28. The van der Waals surface area contributed by atoms with Crippen molar-refractivity contribution >= 4 is 28.8 Å². The fourth-order valence-corrected chi connectivity index (χ4v) is 2.36. The monoisotopic (exact) mass is 231 g/mol. The molecule has 5 heteroatoms. The van der Waals surface area contributed by atoms with Crippen LogP contribution in [0.4, 0.5) is 17.1 Å². The molecule has 0 spiro atoms. The van der Waals surface area contributed by atoms with Crippen LogP contribution in [0.3, 0.4) is 0 Å². The molecule has 0 fully saturated rings. The summed E-state index contributed by atoms with van der Waals surface area (Å²) in [7, 11) is 0. The van der Waals surface area contributed by atoms with Gasteiger partial charge in [0.1, 0.15) is 11.2 Å². The van der Waals surface area contributed by atoms with Gasteiger partial charge in [-0.2, -0.15) is 0 Å². The molecule has 3 N–H and O–H groups in total. The van der Waals surface area contributed by atoms with E-state index in [1.54, 1.807) is 6.92 Å². The summed E-state index contributed by atoms with van der Waals surface area (Å²) >= 11 is 0. The molecule has 1 unspecified atom stereocenters. The van der Waals surface area contributed by atoms with Gasteiger partial charge >= 0.3 is 0 Å². The number of rotatable bonds is 1. The van der Waals surface area contributed by atoms with Crippen molar-refractivity contribution in [3.05, 3.63) is 17.7 Å². The lowest BCUT2D eigenvalue weighted by Gasteiger charge is -2.18. The lowest BCUT2D eigenvalue weighted by molar-refractivity contribution is -0.130. The van der Waals surface area contributed by atoms with Crippen molar-refractivity contribution in [2.75, 3.05) is 22.6 Å². The van der Waals surface area contributed by atoms with E-state index in [0.29, 0.717) is 6.67 Å². The highest BCUT2D eigenvalue weighted by Gasteiger charge is 2.47. The van der Waals surface area contributed by atoms with Gasteiger partial charge in [0.25, 0.3) is 0 Å². The minimum absolute atomic E-state index is 0.139. The molecule has 2 aliphatic rings. The van der Waals surface area contributed by atoms with E-state index in [-0.39, 0.29) is 11.7 Å². The van der Waals surface area contributed by atoms with Crippen molar-refractivity contribution in [2.24, 2.45) is 0 Å². The van der Waals surface area contributed by atoms with E-state index in [0.717, 1.165) is 22.6 Å². The number of fused-ring (bicyclic) bond motifs is 2. The zero-order valence-corrected chi connectivity index (χ0v) is 9.68. The fraction of sp³-hybridized carbons (Fsp3) is 0.333. The Balaban J connectivity index is 2.22. The first-order valence-electron chi connectivity index (χ1n) is 5.52. The summed E-state index contributed by atoms with van der Waals surface area (Å²) in [5.74, 6) is -0.386. The summed E-state index contributed by atoms with van der Waals surface area (Å²) in [6.07, 6.45) is 0. The molecule has 2 aliphatic heterocycles. The topological polar surface area (TPSA) is 70.2 Å². The molecule has 1 amide bonds. The summed E-state index contributed by atoms with van der Waals surface area (Å²) in [6, 6.07) is 3.75. The Labute approximate surface area is 98.6 Å². The van der Waals surface area contributed by atoms with E-state index in [1.165, 1.54) is 6.92 Å². The minimum atomic E-state index is -1.06. The van der Waals surface area contributed by atoms with E-state index in [4.69, 9.17) is 0 Å². The number of amides is 1. The molecule has 2 heterocycles. The van der Waals surface area contributed by atoms with Gasteiger partial charge in [0, 0.05) is 11.3 Å². The van der Waals surface area contributed by atoms with Gasteiger partial charge < -0.3 is 16.0 Å². The molecule has 0 aromatic heterocycles. The predicted molar refractivity (Wildman–Crippen MR) is 65.2 cm³/mol. The molecule has 88 valence electrons. The van der Waals surface area contributed by atoms with Gasteiger partial charge in [0.05, 0.1) is 18.0 Å². The molecule has 5 nitrogen and oxygen atoms in total. The maximum atomic E-state index is 12.0. The highest BCUT2D eigenvalue weighted by atomic mass is 16.2. The third-order valence-electron chi connectivity index (χ3n) is 3.66. The Bertz CT molecular complexity index is 553. The molecular formula is C12H13N3O2. The molecule has 0 radical (unpaired) electrons. The number of Topliss-reactive ketones (excluding diaryl/α,β-unsaturated/α-hetero) is 1. The van der Waals surface area contributed by atoms with Crippen molar-refractivity contribution in [3.8, 4) is 0 Å². The van der Waals surface area contributed by atoms with Crippen LogP contribution in [-0.4, -0.2) is 18.4 Å². The number of anilines is 3. The lowest BCUT2D eigenvalue weighted by atomic mass is 9.80. The van der Waals surface area contributed by atoms with Gasteiger partial charge in [-0.1, -0.05) is 0 Å². The van der Waals surface area contributed by atoms with Gasteiger partial charge in [-0.05, 0) is 26.0 Å². The van der Waals surface area contributed by atoms with Crippen molar-refractivity contribution in [1.82, 2.24) is 0 Å². The van der Waals surface area contributed by atoms with Crippen molar-refractivity contribution in [1.29, 1.82) is 0 Å². The van der Waals surface area contributed by atoms with Gasteiger partial charge in [-0.3, -0.25) is 9.59 Å². The van der Waals surface area contributed by atoms with Crippen LogP contribution >= 0.6 is 0 Å². The van der Waals surface area contributed by atoms with Gasteiger partial charge in [-0.15, -0.1) is 0 Å². The second kappa shape index (κ2) is 3.00. The zero-order valence-electron chi connectivity index (χ0n) is 9.68. The molecule has 3 rings (SSSR count). The van der Waals surface area contributed by atoms with Gasteiger partial charge in [0.15, 0.2) is 0 Å². The number of carbonyl (C=O) groups excluding carboxylic acids is 2. The Kier molecular flexibility index (Phi) is 1.79. The average Bonchev–Trinajstić information content (AvgIpc) is 2.81. The largest absolute Gasteiger partial charge is 0.366 e. The first kappa shape index (κ1) is 10.1. The molecule has 0 bridgehead atoms. The van der Waals surface area contributed by atoms with E-state index in [2.05, 4.69) is 16.0 Å². The maximum Gasteiger partial charge on any atom is 0.242 e. The van der Waals surface area contributed by atoms with Crippen LogP contribution < -0.4 is 16.0 Å². The molecule has 0 saturated heterocycles. The van der Waals surface area contributed by atoms with Crippen LogP contribution in [0, 0.1) is 0 Å². The summed E-state index contributed by atoms with van der Waals surface area (Å²) in [5.41, 5.74) is 2.31. The molecule has 0 aliphatic carbocycles. The molecule has 0 saturated carbocycles. The Morgan fingerprint density at radius 2 is 1.88 bits per heavy atom. The summed E-state index contributed by atoms with van der Waals surface area (Å²) in [4.78, 5) is 23.7. The molecule has 1 atom stereocenters. The van der Waals surface area contributed by atoms with Crippen LogP contribution in [0.15, 0.2) is 12.1 Å². The smallest absolute Gasteiger partial charge is 0.242 e. The van der Waals surface area contributed by atoms with Crippen LogP contribution in [0.1, 0.15) is 19.4 Å². The van der Waals surface area contributed by atoms with Gasteiger partial charge in [0.2, 0.25) is 5.91 Å². The fourth-order valence-electron chi connectivity index (χ4n) is 2.36. The van der Waals surface area contributed by atoms with Gasteiger partial charge in [-0.25, -0.2) is 0 Å². The molecular weight excluding hydrogens is 218 g/mol. The van der Waals surface area contributed by atoms with Crippen LogP contribution in [0.25, 0.3) is 0 Å². The second-order valence-electron chi connectivity index (χ2n) is 4.61. The highest BCUT2D eigenvalue weighted by molar-refractivity contribution is 6.20. The standard InChI is InChI=1S/C12H13N3O2/c1-6(16)12(2)7-3-9-10(14-5-13-9)4-8(7)15-11(12)17/h3-4,13-14H,5H2,1-2H3,(H,15,17). The third-order valence-corrected chi connectivity index (χ3v) is 3.66. The van der Waals surface area contributed by atoms with Crippen molar-refractivity contribution in [3.63, 3.8) is 0 Å². The quantitative estimate of drug-likeness (QED) is 0.637. The number of nitrogens with one attached hydrogen (secondary N) is 3. The average molecular weight is 231 g/mol. The normalized spacial score (nSPS) is 24.5. The summed E-state index contributed by atoms with van der Waals surface area (Å²) in [6.45, 7) is 3.79. The van der Waals surface area contributed by atoms with Crippen LogP contribution in [0.5, 0.6) is 0 Å². The SMILES string of the molecule is CC(=O)C1(C)C(=O)Nc2cc3c(cc21)NCN3. The van der Waals surface area contributed by atoms with Crippen LogP contribution in [0.2, 0.25) is 0 Å². The Hall–Kier alpha value is -2.04. The van der Waals surface area contributed by atoms with Crippen molar-refractivity contribution < 1.29 is 9.59 Å². The highest BCUT2D eigenvalue weighted by Crippen LogP contribution is 2.43. The maximum absolute atomic E-state index is 12.0. The number of ketones is 1. The second-order valence-corrected chi connectivity index (χ2v) is 4.61. The third kappa shape index (κ3) is 1.13. The van der Waals surface area contributed by atoms with Crippen molar-refractivity contribution in [2.45, 2.75) is 19.3 Å². The Morgan fingerprint density at radius 1 is 1.24 bits per heavy atom. The lowest BCUT2D eigenvalue weighted by Crippen LogP contribution is -2.37. The molecule has 17 heavy (non-hydrogen) atoms. The summed E-state index contributed by atoms with van der Waals surface area (Å²) in [5, 5.41) is 9.09. The molecule has 1 aromatic rings. The van der Waals surface area contributed by atoms with E-state index >= 15 is 0 Å². The number of hydrogen-bond donors (Lipinski definition) is 3. The first-order chi connectivity index (χ1) is 8.03. The Morgan fingerprint density at radius 3 is 2.53 bits per heavy atom. The van der Waals surface area contributed by atoms with E-state index in [1.807, 2.05) is 12.1 Å². The minimum Gasteiger partial charge on any atom is -0.366 e. The number of hydrogen-bond acceptors (Lipinski definition) is 4. The van der Waals surface area contributed by atoms with E-state index in [9.17, 15) is 9.59 Å². The first-order valence-corrected chi connectivity index (χ1v) is 5.52. The summed E-state index contributed by atoms with van der Waals surface area (Å²) < 4.78 is 0.